The van der Waals surface area contributed by atoms with Gasteiger partial charge in [0.1, 0.15) is 48.1 Å². The summed E-state index contributed by atoms with van der Waals surface area (Å²) >= 11 is 9.24. The number of nitrogens with two attached hydrogens (primary N) is 2. The lowest BCUT2D eigenvalue weighted by atomic mass is 10.1. The number of anilines is 4. The highest BCUT2D eigenvalue weighted by molar-refractivity contribution is 8.44. The van der Waals surface area contributed by atoms with Gasteiger partial charge in [0.05, 0.1) is 18.6 Å². The summed E-state index contributed by atoms with van der Waals surface area (Å²) in [6, 6.07) is 0.189. The van der Waals surface area contributed by atoms with E-state index in [2.05, 4.69) is 54.8 Å². The molecule has 0 spiro atoms. The topological polar surface area (TPSA) is 218 Å². The number of hydrogen-bond acceptors (Lipinski definition) is 15. The van der Waals surface area contributed by atoms with Crippen molar-refractivity contribution < 1.29 is 32.9 Å². The number of thiol groups is 1. The fourth-order valence-corrected chi connectivity index (χ4v) is 8.54. The molecule has 2 fully saturated rings. The summed E-state index contributed by atoms with van der Waals surface area (Å²) in [6.45, 7) is -1.26. The van der Waals surface area contributed by atoms with E-state index in [-0.39, 0.29) is 42.5 Å². The highest BCUT2D eigenvalue weighted by atomic mass is 32.7. The first-order chi connectivity index (χ1) is 22.3. The molecule has 3 aromatic heterocycles. The Balaban J connectivity index is 1.15. The number of nitrogens with zero attached hydrogens (tertiary/aromatic N) is 6. The maximum absolute atomic E-state index is 13.7. The van der Waals surface area contributed by atoms with E-state index >= 15 is 0 Å². The van der Waals surface area contributed by atoms with Gasteiger partial charge >= 0.3 is 6.80 Å². The van der Waals surface area contributed by atoms with Gasteiger partial charge in [-0.25, -0.2) is 24.5 Å². The third kappa shape index (κ3) is 7.47. The first-order valence-electron chi connectivity index (χ1n) is 15.1. The molecule has 20 heteroatoms. The molecule has 2 aliphatic heterocycles. The molecule has 1 saturated heterocycles. The lowest BCUT2D eigenvalue weighted by molar-refractivity contribution is -0.0139. The summed E-state index contributed by atoms with van der Waals surface area (Å²) in [5.41, 5.74) is 14.2. The molecule has 2 unspecified atom stereocenters. The molecule has 0 amide bonds. The van der Waals surface area contributed by atoms with Crippen molar-refractivity contribution in [3.63, 3.8) is 0 Å². The number of aliphatic hydroxyl groups is 1. The van der Waals surface area contributed by atoms with Gasteiger partial charge < -0.3 is 50.0 Å². The Morgan fingerprint density at radius 3 is 2.81 bits per heavy atom. The Labute approximate surface area is 282 Å². The second-order valence-electron chi connectivity index (χ2n) is 11.9. The molecule has 3 aliphatic rings. The molecule has 1 aliphatic carbocycles. The summed E-state index contributed by atoms with van der Waals surface area (Å²) in [7, 11) is 0. The maximum atomic E-state index is 13.7. The largest absolute Gasteiger partial charge is 0.393 e. The number of aromatic nitrogens is 5. The van der Waals surface area contributed by atoms with Crippen LogP contribution in [0.15, 0.2) is 31.6 Å². The van der Waals surface area contributed by atoms with Crippen LogP contribution in [0.1, 0.15) is 37.3 Å². The van der Waals surface area contributed by atoms with Crippen LogP contribution in [0.5, 0.6) is 0 Å². The number of nitrogen functional groups attached to an aromatic ring is 2. The summed E-state index contributed by atoms with van der Waals surface area (Å²) < 4.78 is 39.1. The normalized spacial score (nSPS) is 28.3. The van der Waals surface area contributed by atoms with Crippen LogP contribution in [0, 0.1) is 5.92 Å². The SMILES string of the molecule is C=CN(c1ncnc(N)c1N)[C@@H]1O[C@H](COP(C)(O)=S)[C@@H](O)[C@H]1OP(=O)(S)OC[C@@H]1CC[C@H](n2cc3c4c(ncnc42)NCCC3)C1. The molecule has 47 heavy (non-hydrogen) atoms. The standard InChI is InChI=1S/C27H39N9O7P2S2/c1-3-35(26-20(28)23(29)31-13-34-26)27-22(21(37)18(42-27)12-40-44(2,38)46)43-45(39,47)41-11-15-6-7-17(9-15)36-10-16-5-4-8-30-24-19(16)25(36)33-14-32-24/h3,10,13-15,17-18,21-22,27,37H,1,4-9,11-12,28H2,2H3,(H,38,46)(H,39,47)(H2,29,31,34)(H,30,32,33)/t15-,17+,18-,21-,22-,27-,44?,45?/m1/s1. The van der Waals surface area contributed by atoms with Crippen molar-refractivity contribution in [2.45, 2.75) is 62.7 Å². The molecule has 3 aromatic rings. The third-order valence-corrected chi connectivity index (χ3v) is 11.2. The van der Waals surface area contributed by atoms with Crippen molar-refractivity contribution in [1.29, 1.82) is 0 Å². The molecular weight excluding hydrogens is 688 g/mol. The lowest BCUT2D eigenvalue weighted by Crippen LogP contribution is -2.43. The Bertz CT molecular complexity index is 1730. The summed E-state index contributed by atoms with van der Waals surface area (Å²) in [6.07, 6.45) is 5.87. The average molecular weight is 728 g/mol. The zero-order valence-corrected chi connectivity index (χ0v) is 29.2. The molecule has 8 atom stereocenters. The van der Waals surface area contributed by atoms with Crippen molar-refractivity contribution in [3.8, 4) is 0 Å². The molecule has 6 rings (SSSR count). The first kappa shape index (κ1) is 34.5. The molecule has 0 radical (unpaired) electrons. The van der Waals surface area contributed by atoms with Gasteiger partial charge in [-0.2, -0.15) is 0 Å². The number of ether oxygens (including phenoxy) is 1. The number of hydrogen-bond donors (Lipinski definition) is 6. The van der Waals surface area contributed by atoms with E-state index in [9.17, 15) is 14.6 Å². The van der Waals surface area contributed by atoms with Gasteiger partial charge in [-0.05, 0) is 55.4 Å². The van der Waals surface area contributed by atoms with Crippen LogP contribution in [0.4, 0.5) is 23.1 Å². The second kappa shape index (κ2) is 13.9. The van der Waals surface area contributed by atoms with E-state index in [4.69, 9.17) is 41.6 Å². The van der Waals surface area contributed by atoms with E-state index in [0.29, 0.717) is 0 Å². The van der Waals surface area contributed by atoms with Crippen LogP contribution < -0.4 is 21.7 Å². The third-order valence-electron chi connectivity index (χ3n) is 8.64. The summed E-state index contributed by atoms with van der Waals surface area (Å²) in [5, 5.41) is 15.8. The van der Waals surface area contributed by atoms with Crippen molar-refractivity contribution >= 4 is 71.5 Å². The van der Waals surface area contributed by atoms with Crippen molar-refractivity contribution in [2.75, 3.05) is 48.1 Å². The van der Waals surface area contributed by atoms with Crippen LogP contribution in [0.3, 0.4) is 0 Å². The highest BCUT2D eigenvalue weighted by Gasteiger charge is 2.50. The van der Waals surface area contributed by atoms with Crippen LogP contribution in [-0.4, -0.2) is 85.5 Å². The molecule has 7 N–H and O–H groups in total. The number of aryl methyl sites for hydroxylation is 1. The van der Waals surface area contributed by atoms with Gasteiger partial charge in [0.2, 0.25) is 0 Å². The van der Waals surface area contributed by atoms with Gasteiger partial charge in [-0.15, -0.1) is 0 Å². The minimum atomic E-state index is -4.08. The zero-order valence-electron chi connectivity index (χ0n) is 25.7. The monoisotopic (exact) mass is 727 g/mol. The molecule has 16 nitrogen and oxygen atoms in total. The van der Waals surface area contributed by atoms with Gasteiger partial charge in [0.25, 0.3) is 0 Å². The molecule has 256 valence electrons. The number of aliphatic hydroxyl groups excluding tert-OH is 1. The first-order valence-corrected chi connectivity index (χ1v) is 21.0. The quantitative estimate of drug-likeness (QED) is 0.117. The predicted octanol–water partition coefficient (Wildman–Crippen LogP) is 3.21. The maximum Gasteiger partial charge on any atom is 0.386 e. The Morgan fingerprint density at radius 1 is 1.26 bits per heavy atom. The van der Waals surface area contributed by atoms with Crippen LogP contribution in [0.2, 0.25) is 0 Å². The highest BCUT2D eigenvalue weighted by Crippen LogP contribution is 2.57. The average Bonchev–Trinajstić information content (AvgIpc) is 3.67. The number of nitrogens with one attached hydrogen (secondary N) is 1. The molecule has 5 heterocycles. The Kier molecular flexibility index (Phi) is 10.2. The molecule has 0 bridgehead atoms. The minimum absolute atomic E-state index is 0.0136. The number of rotatable bonds is 12. The molecule has 1 saturated carbocycles. The minimum Gasteiger partial charge on any atom is -0.393 e. The Hall–Kier alpha value is -2.37. The fraction of sp³-hybridized carbons (Fsp3) is 0.556. The van der Waals surface area contributed by atoms with Crippen molar-refractivity contribution in [1.82, 2.24) is 24.5 Å². The molecule has 0 aromatic carbocycles. The van der Waals surface area contributed by atoms with E-state index in [1.165, 1.54) is 29.7 Å². The van der Waals surface area contributed by atoms with E-state index < -0.39 is 37.8 Å². The van der Waals surface area contributed by atoms with Crippen LogP contribution in [-0.2, 0) is 41.1 Å². The van der Waals surface area contributed by atoms with Crippen LogP contribution in [0.25, 0.3) is 11.0 Å². The van der Waals surface area contributed by atoms with Gasteiger partial charge in [-0.1, -0.05) is 18.8 Å². The Morgan fingerprint density at radius 2 is 2.04 bits per heavy atom. The molecular formula is C27H39N9O7P2S2. The fourth-order valence-electron chi connectivity index (χ4n) is 6.41. The summed E-state index contributed by atoms with van der Waals surface area (Å²) in [4.78, 5) is 28.5. The van der Waals surface area contributed by atoms with Gasteiger partial charge in [0, 0.05) is 31.6 Å². The van der Waals surface area contributed by atoms with Crippen LogP contribution >= 0.6 is 25.5 Å². The van der Waals surface area contributed by atoms with Gasteiger partial charge in [0.15, 0.2) is 24.4 Å². The van der Waals surface area contributed by atoms with Gasteiger partial charge in [-0.3, -0.25) is 4.52 Å². The predicted molar refractivity (Wildman–Crippen MR) is 185 cm³/mol. The zero-order chi connectivity index (χ0) is 33.5. The smallest absolute Gasteiger partial charge is 0.386 e. The lowest BCUT2D eigenvalue weighted by Gasteiger charge is -2.31. The second-order valence-corrected chi connectivity index (χ2v) is 18.7. The van der Waals surface area contributed by atoms with E-state index in [1.54, 1.807) is 6.33 Å². The van der Waals surface area contributed by atoms with E-state index in [0.717, 1.165) is 55.5 Å². The van der Waals surface area contributed by atoms with Crippen molar-refractivity contribution in [2.24, 2.45) is 5.92 Å². The van der Waals surface area contributed by atoms with E-state index in [1.807, 2.05) is 0 Å². The summed E-state index contributed by atoms with van der Waals surface area (Å²) in [5.74, 6) is 1.08. The van der Waals surface area contributed by atoms with Crippen molar-refractivity contribution in [3.05, 3.63) is 37.2 Å².